The van der Waals surface area contributed by atoms with E-state index in [-0.39, 0.29) is 29.3 Å². The lowest BCUT2D eigenvalue weighted by atomic mass is 9.93. The average Bonchev–Trinajstić information content (AvgIpc) is 2.62. The summed E-state index contributed by atoms with van der Waals surface area (Å²) in [5.41, 5.74) is 0.869. The molecule has 134 valence electrons. The highest BCUT2D eigenvalue weighted by Crippen LogP contribution is 2.27. The lowest BCUT2D eigenvalue weighted by molar-refractivity contribution is -0.139. The number of para-hydroxylation sites is 1. The van der Waals surface area contributed by atoms with Crippen LogP contribution in [0.2, 0.25) is 0 Å². The molecule has 1 atom stereocenters. The van der Waals surface area contributed by atoms with Crippen LogP contribution in [0, 0.1) is 0 Å². The van der Waals surface area contributed by atoms with E-state index >= 15 is 0 Å². The number of aliphatic carboxylic acids is 1. The molecule has 2 N–H and O–H groups in total. The topological polar surface area (TPSA) is 113 Å². The fourth-order valence-corrected chi connectivity index (χ4v) is 3.88. The van der Waals surface area contributed by atoms with Crippen LogP contribution in [0.25, 0.3) is 0 Å². The third kappa shape index (κ3) is 3.65. The molecule has 3 rings (SSSR count). The molecule has 0 radical (unpaired) electrons. The Bertz CT molecular complexity index is 984. The van der Waals surface area contributed by atoms with E-state index in [2.05, 4.69) is 9.71 Å². The van der Waals surface area contributed by atoms with Crippen LogP contribution < -0.4 is 5.32 Å². The molecule has 1 aliphatic rings. The summed E-state index contributed by atoms with van der Waals surface area (Å²) in [6, 6.07) is 14.7. The molecule has 2 aromatic rings. The van der Waals surface area contributed by atoms with Crippen molar-refractivity contribution in [3.8, 4) is 0 Å². The van der Waals surface area contributed by atoms with E-state index in [1.165, 1.54) is 6.07 Å². The number of sulfonamides is 1. The standard InChI is InChI=1S/C18H16N2O5S/c21-15(11-10-13(18(22)23)12-6-2-1-3-7-12)17-19-14-8-4-5-9-16(14)26(24,25)20-17/h1-9,13H,10-11H2,(H,19,20)(H,22,23). The van der Waals surface area contributed by atoms with E-state index in [0.717, 1.165) is 0 Å². The quantitative estimate of drug-likeness (QED) is 0.805. The third-order valence-electron chi connectivity index (χ3n) is 4.05. The van der Waals surface area contributed by atoms with Gasteiger partial charge in [0, 0.05) is 6.42 Å². The predicted molar refractivity (Wildman–Crippen MR) is 95.7 cm³/mol. The summed E-state index contributed by atoms with van der Waals surface area (Å²) in [7, 11) is -3.95. The molecule has 0 aromatic heterocycles. The van der Waals surface area contributed by atoms with Crippen molar-refractivity contribution in [1.82, 2.24) is 0 Å². The van der Waals surface area contributed by atoms with Crippen LogP contribution in [0.5, 0.6) is 0 Å². The average molecular weight is 372 g/mol. The number of ketones is 1. The van der Waals surface area contributed by atoms with Gasteiger partial charge in [0.05, 0.1) is 11.6 Å². The van der Waals surface area contributed by atoms with Gasteiger partial charge in [0.2, 0.25) is 0 Å². The van der Waals surface area contributed by atoms with Crippen LogP contribution in [0.3, 0.4) is 0 Å². The van der Waals surface area contributed by atoms with Gasteiger partial charge < -0.3 is 10.4 Å². The molecule has 0 fully saturated rings. The van der Waals surface area contributed by atoms with Crippen molar-refractivity contribution in [3.05, 3.63) is 60.2 Å². The van der Waals surface area contributed by atoms with Gasteiger partial charge in [-0.25, -0.2) is 0 Å². The van der Waals surface area contributed by atoms with Gasteiger partial charge in [0.15, 0.2) is 11.6 Å². The summed E-state index contributed by atoms with van der Waals surface area (Å²) in [5, 5.41) is 12.1. The molecule has 1 heterocycles. The molecule has 0 aliphatic carbocycles. The van der Waals surface area contributed by atoms with E-state index < -0.39 is 27.7 Å². The van der Waals surface area contributed by atoms with Crippen LogP contribution in [0.1, 0.15) is 24.3 Å². The molecule has 0 spiro atoms. The van der Waals surface area contributed by atoms with Crippen molar-refractivity contribution in [2.45, 2.75) is 23.7 Å². The minimum absolute atomic E-state index is 0.00393. The van der Waals surface area contributed by atoms with Crippen molar-refractivity contribution in [3.63, 3.8) is 0 Å². The Morgan fingerprint density at radius 3 is 2.38 bits per heavy atom. The molecule has 0 saturated heterocycles. The second-order valence-electron chi connectivity index (χ2n) is 5.80. The molecular weight excluding hydrogens is 356 g/mol. The number of carboxylic acids is 1. The maximum absolute atomic E-state index is 12.4. The Labute approximate surface area is 150 Å². The second kappa shape index (κ2) is 7.09. The number of hydrogen-bond acceptors (Lipinski definition) is 5. The summed E-state index contributed by atoms with van der Waals surface area (Å²) >= 11 is 0. The highest BCUT2D eigenvalue weighted by atomic mass is 32.2. The van der Waals surface area contributed by atoms with E-state index in [1.807, 2.05) is 0 Å². The van der Waals surface area contributed by atoms with Gasteiger partial charge in [0.1, 0.15) is 4.90 Å². The zero-order valence-electron chi connectivity index (χ0n) is 13.6. The lowest BCUT2D eigenvalue weighted by Gasteiger charge is -2.18. The largest absolute Gasteiger partial charge is 0.481 e. The summed E-state index contributed by atoms with van der Waals surface area (Å²) < 4.78 is 27.9. The number of amidine groups is 1. The summed E-state index contributed by atoms with van der Waals surface area (Å²) in [5.74, 6) is -2.74. The number of fused-ring (bicyclic) bond motifs is 1. The van der Waals surface area contributed by atoms with Crippen molar-refractivity contribution >= 4 is 33.3 Å². The highest BCUT2D eigenvalue weighted by molar-refractivity contribution is 7.90. The second-order valence-corrected chi connectivity index (χ2v) is 7.37. The lowest BCUT2D eigenvalue weighted by Crippen LogP contribution is -2.29. The number of nitrogens with zero attached hydrogens (tertiary/aromatic N) is 1. The molecule has 0 bridgehead atoms. The fraction of sp³-hybridized carbons (Fsp3) is 0.167. The minimum Gasteiger partial charge on any atom is -0.481 e. The molecule has 1 aliphatic heterocycles. The predicted octanol–water partition coefficient (Wildman–Crippen LogP) is 2.42. The fourth-order valence-electron chi connectivity index (χ4n) is 2.75. The summed E-state index contributed by atoms with van der Waals surface area (Å²) in [6.07, 6.45) is -0.101. The van der Waals surface area contributed by atoms with Crippen LogP contribution >= 0.6 is 0 Å². The van der Waals surface area contributed by atoms with Crippen molar-refractivity contribution < 1.29 is 23.1 Å². The van der Waals surface area contributed by atoms with Gasteiger partial charge in [0.25, 0.3) is 10.0 Å². The van der Waals surface area contributed by atoms with E-state index in [1.54, 1.807) is 48.5 Å². The highest BCUT2D eigenvalue weighted by Gasteiger charge is 2.28. The first kappa shape index (κ1) is 17.8. The summed E-state index contributed by atoms with van der Waals surface area (Å²) in [6.45, 7) is 0. The number of nitrogens with one attached hydrogen (secondary N) is 1. The minimum atomic E-state index is -3.95. The molecule has 0 amide bonds. The van der Waals surface area contributed by atoms with Crippen molar-refractivity contribution in [2.75, 3.05) is 5.32 Å². The first-order valence-electron chi connectivity index (χ1n) is 7.90. The molecule has 2 aromatic carbocycles. The maximum Gasteiger partial charge on any atom is 0.310 e. The number of benzene rings is 2. The molecule has 7 nitrogen and oxygen atoms in total. The molecular formula is C18H16N2O5S. The van der Waals surface area contributed by atoms with E-state index in [4.69, 9.17) is 0 Å². The van der Waals surface area contributed by atoms with Gasteiger partial charge in [-0.05, 0) is 24.1 Å². The van der Waals surface area contributed by atoms with E-state index in [0.29, 0.717) is 5.56 Å². The molecule has 8 heteroatoms. The van der Waals surface area contributed by atoms with Crippen LogP contribution in [-0.4, -0.2) is 31.1 Å². The Morgan fingerprint density at radius 2 is 1.69 bits per heavy atom. The Kier molecular flexibility index (Phi) is 4.85. The number of Topliss-reactive ketones (excluding diaryl/α,β-unsaturated/α-hetero) is 1. The zero-order valence-corrected chi connectivity index (χ0v) is 14.4. The van der Waals surface area contributed by atoms with Crippen LogP contribution in [-0.2, 0) is 19.6 Å². The Balaban J connectivity index is 1.77. The smallest absolute Gasteiger partial charge is 0.310 e. The third-order valence-corrected chi connectivity index (χ3v) is 5.39. The monoisotopic (exact) mass is 372 g/mol. The Morgan fingerprint density at radius 1 is 1.04 bits per heavy atom. The van der Waals surface area contributed by atoms with Crippen molar-refractivity contribution in [1.29, 1.82) is 0 Å². The number of rotatable bonds is 6. The zero-order chi connectivity index (χ0) is 18.7. The van der Waals surface area contributed by atoms with Gasteiger partial charge in [-0.2, -0.15) is 8.42 Å². The van der Waals surface area contributed by atoms with Crippen LogP contribution in [0.4, 0.5) is 5.69 Å². The first-order chi connectivity index (χ1) is 12.4. The summed E-state index contributed by atoms with van der Waals surface area (Å²) in [4.78, 5) is 23.9. The van der Waals surface area contributed by atoms with Gasteiger partial charge in [-0.1, -0.05) is 42.5 Å². The number of carbonyl (C=O) groups is 2. The maximum atomic E-state index is 12.4. The normalized spacial score (nSPS) is 15.9. The van der Waals surface area contributed by atoms with E-state index in [9.17, 15) is 23.1 Å². The SMILES string of the molecule is O=C(CCC(C(=O)O)c1ccccc1)C1=NS(=O)(=O)c2ccccc2N1. The number of carboxylic acid groups (broad SMARTS) is 1. The van der Waals surface area contributed by atoms with Gasteiger partial charge in [-0.3, -0.25) is 9.59 Å². The first-order valence-corrected chi connectivity index (χ1v) is 9.34. The number of carbonyl (C=O) groups excluding carboxylic acids is 1. The molecule has 0 saturated carbocycles. The van der Waals surface area contributed by atoms with Crippen LogP contribution in [0.15, 0.2) is 63.9 Å². The Hall–Kier alpha value is -3.00. The molecule has 1 unspecified atom stereocenters. The van der Waals surface area contributed by atoms with Gasteiger partial charge in [-0.15, -0.1) is 4.40 Å². The van der Waals surface area contributed by atoms with Crippen molar-refractivity contribution in [2.24, 2.45) is 4.40 Å². The number of hydrogen-bond donors (Lipinski definition) is 2. The van der Waals surface area contributed by atoms with Gasteiger partial charge >= 0.3 is 5.97 Å². The molecule has 26 heavy (non-hydrogen) atoms. The number of anilines is 1.